The van der Waals surface area contributed by atoms with Crippen LogP contribution in [0.15, 0.2) is 18.2 Å². The molecule has 3 nitrogen and oxygen atoms in total. The van der Waals surface area contributed by atoms with E-state index < -0.39 is 0 Å². The van der Waals surface area contributed by atoms with E-state index in [2.05, 4.69) is 33.1 Å². The highest BCUT2D eigenvalue weighted by Gasteiger charge is 2.15. The molecule has 96 valence electrons. The minimum absolute atomic E-state index is 0.244. The number of halogens is 2. The highest BCUT2D eigenvalue weighted by Crippen LogP contribution is 2.37. The summed E-state index contributed by atoms with van der Waals surface area (Å²) in [5.41, 5.74) is 0.879. The first-order valence-corrected chi connectivity index (χ1v) is 7.58. The van der Waals surface area contributed by atoms with Gasteiger partial charge in [-0.25, -0.2) is 0 Å². The van der Waals surface area contributed by atoms with Crippen LogP contribution in [0.5, 0.6) is 5.75 Å². The number of benzene rings is 1. The van der Waals surface area contributed by atoms with Crippen LogP contribution in [-0.4, -0.2) is 17.3 Å². The molecule has 0 spiro atoms. The first-order valence-electron chi connectivity index (χ1n) is 5.47. The third-order valence-corrected chi connectivity index (χ3v) is 5.15. The summed E-state index contributed by atoms with van der Waals surface area (Å²) in [6.45, 7) is 2.10. The van der Waals surface area contributed by atoms with Gasteiger partial charge < -0.3 is 4.74 Å². The summed E-state index contributed by atoms with van der Waals surface area (Å²) in [6, 6.07) is 5.48. The van der Waals surface area contributed by atoms with E-state index in [0.717, 1.165) is 27.7 Å². The Kier molecular flexibility index (Phi) is 4.59. The summed E-state index contributed by atoms with van der Waals surface area (Å²) in [4.78, 5) is 0.244. The van der Waals surface area contributed by atoms with E-state index in [9.17, 15) is 0 Å². The lowest BCUT2D eigenvalue weighted by Crippen LogP contribution is -1.87. The van der Waals surface area contributed by atoms with Crippen molar-refractivity contribution in [3.8, 4) is 16.3 Å². The van der Waals surface area contributed by atoms with Crippen LogP contribution < -0.4 is 4.74 Å². The van der Waals surface area contributed by atoms with Gasteiger partial charge in [-0.3, -0.25) is 0 Å². The van der Waals surface area contributed by atoms with Gasteiger partial charge in [0, 0.05) is 5.02 Å². The van der Waals surface area contributed by atoms with Crippen LogP contribution >= 0.6 is 38.9 Å². The molecule has 1 unspecified atom stereocenters. The molecule has 1 atom stereocenters. The van der Waals surface area contributed by atoms with Crippen LogP contribution in [0, 0.1) is 0 Å². The van der Waals surface area contributed by atoms with Crippen LogP contribution in [0.3, 0.4) is 0 Å². The third kappa shape index (κ3) is 2.84. The van der Waals surface area contributed by atoms with E-state index in [1.54, 1.807) is 24.5 Å². The number of rotatable bonds is 4. The lowest BCUT2D eigenvalue weighted by atomic mass is 10.2. The van der Waals surface area contributed by atoms with E-state index in [1.165, 1.54) is 0 Å². The van der Waals surface area contributed by atoms with E-state index in [1.807, 2.05) is 12.1 Å². The summed E-state index contributed by atoms with van der Waals surface area (Å²) in [6.07, 6.45) is 0.974. The lowest BCUT2D eigenvalue weighted by Gasteiger charge is -2.05. The second kappa shape index (κ2) is 5.99. The lowest BCUT2D eigenvalue weighted by molar-refractivity contribution is 0.416. The predicted octanol–water partition coefficient (Wildman–Crippen LogP) is 4.71. The fourth-order valence-electron chi connectivity index (χ4n) is 1.49. The number of methoxy groups -OCH3 is 1. The number of hydrogen-bond donors (Lipinski definition) is 0. The maximum Gasteiger partial charge on any atom is 0.151 e. The summed E-state index contributed by atoms with van der Waals surface area (Å²) < 4.78 is 5.32. The van der Waals surface area contributed by atoms with Gasteiger partial charge >= 0.3 is 0 Å². The van der Waals surface area contributed by atoms with Gasteiger partial charge in [-0.15, -0.1) is 10.2 Å². The molecule has 0 aliphatic heterocycles. The first kappa shape index (κ1) is 13.8. The molecule has 2 aromatic rings. The van der Waals surface area contributed by atoms with Crippen molar-refractivity contribution in [2.24, 2.45) is 0 Å². The van der Waals surface area contributed by atoms with E-state index in [0.29, 0.717) is 5.02 Å². The molecule has 18 heavy (non-hydrogen) atoms. The minimum atomic E-state index is 0.244. The van der Waals surface area contributed by atoms with Gasteiger partial charge in [0.25, 0.3) is 0 Å². The Balaban J connectivity index is 2.42. The second-order valence-corrected chi connectivity index (χ2v) is 6.22. The van der Waals surface area contributed by atoms with Gasteiger partial charge in [-0.2, -0.15) is 0 Å². The highest BCUT2D eigenvalue weighted by atomic mass is 79.9. The molecular formula is C12H12BrClN2OS. The number of hydrogen-bond acceptors (Lipinski definition) is 4. The van der Waals surface area contributed by atoms with Crippen LogP contribution in [0.1, 0.15) is 23.2 Å². The number of aromatic nitrogens is 2. The molecular weight excluding hydrogens is 336 g/mol. The quantitative estimate of drug-likeness (QED) is 0.751. The van der Waals surface area contributed by atoms with Crippen LogP contribution in [0.4, 0.5) is 0 Å². The van der Waals surface area contributed by atoms with Crippen LogP contribution in [0.25, 0.3) is 10.6 Å². The van der Waals surface area contributed by atoms with E-state index >= 15 is 0 Å². The monoisotopic (exact) mass is 346 g/mol. The first-order chi connectivity index (χ1) is 8.65. The molecule has 1 aromatic carbocycles. The van der Waals surface area contributed by atoms with Gasteiger partial charge in [0.1, 0.15) is 10.8 Å². The molecule has 0 aliphatic carbocycles. The maximum atomic E-state index is 6.01. The Bertz CT molecular complexity index is 547. The second-order valence-electron chi connectivity index (χ2n) is 3.67. The summed E-state index contributed by atoms with van der Waals surface area (Å²) in [5, 5.41) is 10.8. The molecule has 0 aliphatic rings. The van der Waals surface area contributed by atoms with E-state index in [4.69, 9.17) is 16.3 Å². The largest absolute Gasteiger partial charge is 0.496 e. The van der Waals surface area contributed by atoms with Gasteiger partial charge in [-0.1, -0.05) is 45.8 Å². The van der Waals surface area contributed by atoms with Crippen molar-refractivity contribution in [1.82, 2.24) is 10.2 Å². The number of ether oxygens (including phenoxy) is 1. The van der Waals surface area contributed by atoms with Crippen molar-refractivity contribution < 1.29 is 4.74 Å². The van der Waals surface area contributed by atoms with Crippen molar-refractivity contribution in [3.63, 3.8) is 0 Å². The number of alkyl halides is 1. The average molecular weight is 348 g/mol. The van der Waals surface area contributed by atoms with E-state index in [-0.39, 0.29) is 4.83 Å². The fraction of sp³-hybridized carbons (Fsp3) is 0.333. The van der Waals surface area contributed by atoms with Crippen molar-refractivity contribution in [3.05, 3.63) is 28.2 Å². The third-order valence-electron chi connectivity index (χ3n) is 2.46. The van der Waals surface area contributed by atoms with Crippen molar-refractivity contribution in [2.75, 3.05) is 7.11 Å². The summed E-state index contributed by atoms with van der Waals surface area (Å²) >= 11 is 11.1. The summed E-state index contributed by atoms with van der Waals surface area (Å²) in [5.74, 6) is 0.754. The predicted molar refractivity (Wildman–Crippen MR) is 78.9 cm³/mol. The van der Waals surface area contributed by atoms with Crippen molar-refractivity contribution >= 4 is 38.9 Å². The summed E-state index contributed by atoms with van der Waals surface area (Å²) in [7, 11) is 1.63. The SMILES string of the molecule is CCC(Br)c1nnc(-c2cc(Cl)ccc2OC)s1. The highest BCUT2D eigenvalue weighted by molar-refractivity contribution is 9.09. The molecule has 6 heteroatoms. The minimum Gasteiger partial charge on any atom is -0.496 e. The zero-order chi connectivity index (χ0) is 13.1. The molecule has 2 rings (SSSR count). The maximum absolute atomic E-state index is 6.01. The Hall–Kier alpha value is -0.650. The average Bonchev–Trinajstić information content (AvgIpc) is 2.87. The van der Waals surface area contributed by atoms with Gasteiger partial charge in [-0.05, 0) is 24.6 Å². The van der Waals surface area contributed by atoms with Crippen LogP contribution in [-0.2, 0) is 0 Å². The Morgan fingerprint density at radius 3 is 2.89 bits per heavy atom. The standard InChI is InChI=1S/C12H12BrClN2OS/c1-3-9(13)12-16-15-11(18-12)8-6-7(14)4-5-10(8)17-2/h4-6,9H,3H2,1-2H3. The van der Waals surface area contributed by atoms with Crippen molar-refractivity contribution in [1.29, 1.82) is 0 Å². The normalized spacial score (nSPS) is 12.4. The molecule has 1 heterocycles. The van der Waals surface area contributed by atoms with Gasteiger partial charge in [0.05, 0.1) is 17.5 Å². The van der Waals surface area contributed by atoms with Gasteiger partial charge in [0.15, 0.2) is 5.01 Å². The molecule has 0 bridgehead atoms. The van der Waals surface area contributed by atoms with Gasteiger partial charge in [0.2, 0.25) is 0 Å². The zero-order valence-corrected chi connectivity index (χ0v) is 13.1. The Morgan fingerprint density at radius 1 is 1.44 bits per heavy atom. The molecule has 0 N–H and O–H groups in total. The van der Waals surface area contributed by atoms with Crippen molar-refractivity contribution in [2.45, 2.75) is 18.2 Å². The molecule has 0 fully saturated rings. The molecule has 0 amide bonds. The topological polar surface area (TPSA) is 35.0 Å². The number of nitrogens with zero attached hydrogens (tertiary/aromatic N) is 2. The molecule has 0 saturated carbocycles. The smallest absolute Gasteiger partial charge is 0.151 e. The molecule has 0 radical (unpaired) electrons. The zero-order valence-electron chi connectivity index (χ0n) is 9.98. The Morgan fingerprint density at radius 2 is 2.22 bits per heavy atom. The van der Waals surface area contributed by atoms with Crippen LogP contribution in [0.2, 0.25) is 5.02 Å². The Labute approximate surface area is 123 Å². The molecule has 0 saturated heterocycles. The fourth-order valence-corrected chi connectivity index (χ4v) is 2.96. The molecule has 1 aromatic heterocycles.